The van der Waals surface area contributed by atoms with Crippen molar-refractivity contribution in [2.24, 2.45) is 35.0 Å². The maximum absolute atomic E-state index is 10.7. The van der Waals surface area contributed by atoms with Crippen LogP contribution in [-0.2, 0) is 0 Å². The van der Waals surface area contributed by atoms with Gasteiger partial charge in [-0.25, -0.2) is 0 Å². The molecule has 0 bridgehead atoms. The minimum absolute atomic E-state index is 0.376. The molecule has 0 heterocycles. The van der Waals surface area contributed by atoms with Gasteiger partial charge in [0.05, 0.1) is 5.60 Å². The molecule has 0 aromatic heterocycles. The summed E-state index contributed by atoms with van der Waals surface area (Å²) in [7, 11) is 0. The molecule has 0 amide bonds. The highest BCUT2D eigenvalue weighted by Crippen LogP contribution is 2.71. The highest BCUT2D eigenvalue weighted by atomic mass is 16.3. The van der Waals surface area contributed by atoms with Gasteiger partial charge in [-0.3, -0.25) is 0 Å². The van der Waals surface area contributed by atoms with Crippen molar-refractivity contribution in [3.05, 3.63) is 0 Å². The van der Waals surface area contributed by atoms with Gasteiger partial charge in [-0.2, -0.15) is 0 Å². The van der Waals surface area contributed by atoms with Gasteiger partial charge < -0.3 is 5.11 Å². The van der Waals surface area contributed by atoms with Gasteiger partial charge >= 0.3 is 0 Å². The van der Waals surface area contributed by atoms with Crippen molar-refractivity contribution in [3.8, 4) is 0 Å². The normalized spacial score (nSPS) is 58.7. The molecular weight excluding hydrogens is 196 g/mol. The summed E-state index contributed by atoms with van der Waals surface area (Å²) in [6, 6.07) is 0. The van der Waals surface area contributed by atoms with Crippen molar-refractivity contribution < 1.29 is 5.11 Å². The highest BCUT2D eigenvalue weighted by Gasteiger charge is 2.66. The molecule has 0 aromatic rings. The van der Waals surface area contributed by atoms with Crippen LogP contribution in [0.1, 0.15) is 53.4 Å². The van der Waals surface area contributed by atoms with E-state index in [1.54, 1.807) is 0 Å². The van der Waals surface area contributed by atoms with Gasteiger partial charge in [-0.1, -0.05) is 27.2 Å². The minimum atomic E-state index is -0.376. The van der Waals surface area contributed by atoms with Crippen LogP contribution in [0, 0.1) is 35.0 Å². The van der Waals surface area contributed by atoms with Crippen LogP contribution in [0.2, 0.25) is 0 Å². The van der Waals surface area contributed by atoms with Crippen molar-refractivity contribution in [2.75, 3.05) is 0 Å². The van der Waals surface area contributed by atoms with E-state index in [-0.39, 0.29) is 5.60 Å². The van der Waals surface area contributed by atoms with Crippen LogP contribution < -0.4 is 0 Å². The average molecular weight is 222 g/mol. The molecule has 0 spiro atoms. The number of aliphatic hydroxyl groups is 1. The smallest absolute Gasteiger partial charge is 0.0650 e. The third-order valence-corrected chi connectivity index (χ3v) is 6.37. The first-order chi connectivity index (χ1) is 7.36. The van der Waals surface area contributed by atoms with E-state index < -0.39 is 0 Å². The number of hydrogen-bond donors (Lipinski definition) is 1. The van der Waals surface area contributed by atoms with E-state index in [1.807, 2.05) is 0 Å². The monoisotopic (exact) mass is 222 g/mol. The third kappa shape index (κ3) is 1.27. The Morgan fingerprint density at radius 1 is 1.00 bits per heavy atom. The van der Waals surface area contributed by atoms with Crippen molar-refractivity contribution in [3.63, 3.8) is 0 Å². The molecular formula is C15H26O. The summed E-state index contributed by atoms with van der Waals surface area (Å²) in [5.74, 6) is 4.03. The summed E-state index contributed by atoms with van der Waals surface area (Å²) in [4.78, 5) is 0. The number of fused-ring (bicyclic) bond motifs is 3. The van der Waals surface area contributed by atoms with Crippen molar-refractivity contribution in [1.29, 1.82) is 0 Å². The van der Waals surface area contributed by atoms with E-state index in [2.05, 4.69) is 27.7 Å². The van der Waals surface area contributed by atoms with Gasteiger partial charge in [0.2, 0.25) is 0 Å². The zero-order chi connectivity index (χ0) is 11.7. The van der Waals surface area contributed by atoms with Gasteiger partial charge in [0.1, 0.15) is 0 Å². The van der Waals surface area contributed by atoms with Crippen LogP contribution in [0.15, 0.2) is 0 Å². The fraction of sp³-hybridized carbons (Fsp3) is 1.00. The van der Waals surface area contributed by atoms with Gasteiger partial charge in [0.15, 0.2) is 0 Å². The second kappa shape index (κ2) is 3.04. The van der Waals surface area contributed by atoms with E-state index in [4.69, 9.17) is 0 Å². The largest absolute Gasteiger partial charge is 0.390 e. The van der Waals surface area contributed by atoms with E-state index >= 15 is 0 Å². The molecule has 1 nitrogen and oxygen atoms in total. The summed E-state index contributed by atoms with van der Waals surface area (Å²) in [6.07, 6.45) is 4.89. The van der Waals surface area contributed by atoms with Crippen LogP contribution >= 0.6 is 0 Å². The maximum atomic E-state index is 10.7. The highest BCUT2D eigenvalue weighted by molar-refractivity contribution is 5.14. The van der Waals surface area contributed by atoms with Crippen molar-refractivity contribution in [1.82, 2.24) is 0 Å². The summed E-state index contributed by atoms with van der Waals surface area (Å²) >= 11 is 0. The van der Waals surface area contributed by atoms with E-state index in [0.717, 1.165) is 30.1 Å². The van der Waals surface area contributed by atoms with Gasteiger partial charge in [0, 0.05) is 0 Å². The average Bonchev–Trinajstić information content (AvgIpc) is 2.51. The first-order valence-corrected chi connectivity index (χ1v) is 7.08. The molecule has 0 aliphatic heterocycles. The molecule has 3 aliphatic carbocycles. The molecule has 0 aromatic carbocycles. The molecule has 1 heteroatoms. The van der Waals surface area contributed by atoms with Crippen LogP contribution in [-0.4, -0.2) is 10.7 Å². The standard InChI is InChI=1S/C15H26O/c1-9-5-6-10-12(9)13-11(14(13,2)3)7-8-15(10,4)16/h9-13,16H,5-8H2,1-4H3/t9-,10-,11-,12-,13+,15+/m1/s1. The first kappa shape index (κ1) is 11.1. The fourth-order valence-electron chi connectivity index (χ4n) is 5.29. The second-order valence-corrected chi connectivity index (χ2v) is 7.59. The molecule has 16 heavy (non-hydrogen) atoms. The molecule has 0 saturated heterocycles. The number of hydrogen-bond acceptors (Lipinski definition) is 1. The zero-order valence-corrected chi connectivity index (χ0v) is 11.2. The molecule has 0 radical (unpaired) electrons. The quantitative estimate of drug-likeness (QED) is 0.665. The van der Waals surface area contributed by atoms with Gasteiger partial charge in [-0.05, 0) is 61.2 Å². The predicted octanol–water partition coefficient (Wildman–Crippen LogP) is 3.47. The third-order valence-electron chi connectivity index (χ3n) is 6.37. The lowest BCUT2D eigenvalue weighted by atomic mass is 9.74. The van der Waals surface area contributed by atoms with Crippen molar-refractivity contribution >= 4 is 0 Å². The Bertz CT molecular complexity index is 305. The molecule has 0 unspecified atom stereocenters. The number of rotatable bonds is 0. The lowest BCUT2D eigenvalue weighted by molar-refractivity contribution is -0.0302. The summed E-state index contributed by atoms with van der Waals surface area (Å²) in [5, 5.41) is 10.7. The molecule has 3 aliphatic rings. The Morgan fingerprint density at radius 3 is 2.38 bits per heavy atom. The molecule has 6 atom stereocenters. The zero-order valence-electron chi connectivity index (χ0n) is 11.2. The van der Waals surface area contributed by atoms with Crippen molar-refractivity contribution in [2.45, 2.75) is 59.0 Å². The topological polar surface area (TPSA) is 20.2 Å². The van der Waals surface area contributed by atoms with E-state index in [9.17, 15) is 5.11 Å². The fourth-order valence-corrected chi connectivity index (χ4v) is 5.29. The summed E-state index contributed by atoms with van der Waals surface area (Å²) < 4.78 is 0. The second-order valence-electron chi connectivity index (χ2n) is 7.59. The van der Waals surface area contributed by atoms with Crippen LogP contribution in [0.25, 0.3) is 0 Å². The summed E-state index contributed by atoms with van der Waals surface area (Å²) in [6.45, 7) is 9.41. The Labute approximate surface area is 99.6 Å². The molecule has 92 valence electrons. The van der Waals surface area contributed by atoms with Gasteiger partial charge in [-0.15, -0.1) is 0 Å². The maximum Gasteiger partial charge on any atom is 0.0650 e. The minimum Gasteiger partial charge on any atom is -0.390 e. The van der Waals surface area contributed by atoms with Crippen LogP contribution in [0.5, 0.6) is 0 Å². The SMILES string of the molecule is C[C@@H]1CC[C@@H]2[C@@H]1[C@@H]1[C@@H](CC[C@]2(C)O)C1(C)C. The van der Waals surface area contributed by atoms with E-state index in [0.29, 0.717) is 11.3 Å². The molecule has 3 rings (SSSR count). The Hall–Kier alpha value is -0.0400. The van der Waals surface area contributed by atoms with E-state index in [1.165, 1.54) is 19.3 Å². The Kier molecular flexibility index (Phi) is 2.11. The van der Waals surface area contributed by atoms with Crippen LogP contribution in [0.4, 0.5) is 0 Å². The van der Waals surface area contributed by atoms with Gasteiger partial charge in [0.25, 0.3) is 0 Å². The lowest BCUT2D eigenvalue weighted by Crippen LogP contribution is -2.38. The Balaban J connectivity index is 1.94. The first-order valence-electron chi connectivity index (χ1n) is 7.08. The molecule has 3 saturated carbocycles. The predicted molar refractivity (Wildman–Crippen MR) is 66.0 cm³/mol. The van der Waals surface area contributed by atoms with Crippen LogP contribution in [0.3, 0.4) is 0 Å². The molecule has 1 N–H and O–H groups in total. The lowest BCUT2D eigenvalue weighted by Gasteiger charge is -2.35. The summed E-state index contributed by atoms with van der Waals surface area (Å²) in [5.41, 5.74) is 0.191. The molecule has 3 fully saturated rings. The Morgan fingerprint density at radius 2 is 1.69 bits per heavy atom.